The first-order valence-electron chi connectivity index (χ1n) is 7.20. The van der Waals surface area contributed by atoms with Crippen molar-refractivity contribution in [2.75, 3.05) is 0 Å². The first kappa shape index (κ1) is 15.6. The molecule has 23 heavy (non-hydrogen) atoms. The first-order valence-corrected chi connectivity index (χ1v) is 7.65. The van der Waals surface area contributed by atoms with E-state index in [0.29, 0.717) is 16.9 Å². The van der Waals surface area contributed by atoms with Crippen LogP contribution < -0.4 is 5.32 Å². The Morgan fingerprint density at radius 2 is 2.04 bits per heavy atom. The standard InChI is InChI=1S/C17H16FN3OS/c1-10(19-11(2)22)17-20-13-8-7-12(18)9-15(13)21(17)14-5-3-4-6-16(14)23/h3-10,23H,1-2H3,(H,19,22). The number of aromatic nitrogens is 2. The number of thiol groups is 1. The molecule has 4 nitrogen and oxygen atoms in total. The summed E-state index contributed by atoms with van der Waals surface area (Å²) >= 11 is 4.49. The van der Waals surface area contributed by atoms with E-state index in [-0.39, 0.29) is 17.8 Å². The van der Waals surface area contributed by atoms with Gasteiger partial charge in [0, 0.05) is 17.9 Å². The molecule has 1 atom stereocenters. The Morgan fingerprint density at radius 1 is 1.30 bits per heavy atom. The number of hydrogen-bond acceptors (Lipinski definition) is 3. The molecule has 3 aromatic rings. The number of amides is 1. The van der Waals surface area contributed by atoms with Gasteiger partial charge in [-0.05, 0) is 31.2 Å². The minimum Gasteiger partial charge on any atom is -0.347 e. The van der Waals surface area contributed by atoms with Crippen LogP contribution in [0.4, 0.5) is 4.39 Å². The summed E-state index contributed by atoms with van der Waals surface area (Å²) in [5.74, 6) is 0.137. The third-order valence-corrected chi connectivity index (χ3v) is 3.95. The summed E-state index contributed by atoms with van der Waals surface area (Å²) in [5.41, 5.74) is 2.09. The van der Waals surface area contributed by atoms with Gasteiger partial charge in [0.15, 0.2) is 0 Å². The number of halogens is 1. The molecule has 118 valence electrons. The van der Waals surface area contributed by atoms with Crippen LogP contribution in [0.15, 0.2) is 47.4 Å². The average Bonchev–Trinajstić information content (AvgIpc) is 2.85. The molecule has 0 bridgehead atoms. The highest BCUT2D eigenvalue weighted by molar-refractivity contribution is 7.80. The fraction of sp³-hybridized carbons (Fsp3) is 0.176. The van der Waals surface area contributed by atoms with Crippen LogP contribution in [-0.2, 0) is 4.79 Å². The molecule has 1 heterocycles. The van der Waals surface area contributed by atoms with Crippen molar-refractivity contribution in [3.05, 3.63) is 54.1 Å². The Hall–Kier alpha value is -2.34. The Balaban J connectivity index is 2.29. The van der Waals surface area contributed by atoms with E-state index in [9.17, 15) is 9.18 Å². The van der Waals surface area contributed by atoms with E-state index < -0.39 is 0 Å². The molecule has 0 saturated heterocycles. The Kier molecular flexibility index (Phi) is 4.09. The lowest BCUT2D eigenvalue weighted by atomic mass is 10.2. The van der Waals surface area contributed by atoms with E-state index in [0.717, 1.165) is 10.6 Å². The van der Waals surface area contributed by atoms with E-state index in [2.05, 4.69) is 22.9 Å². The van der Waals surface area contributed by atoms with Gasteiger partial charge in [-0.1, -0.05) is 12.1 Å². The maximum atomic E-state index is 13.7. The van der Waals surface area contributed by atoms with Crippen molar-refractivity contribution in [2.24, 2.45) is 0 Å². The lowest BCUT2D eigenvalue weighted by Crippen LogP contribution is -2.26. The maximum absolute atomic E-state index is 13.7. The van der Waals surface area contributed by atoms with E-state index in [1.54, 1.807) is 6.07 Å². The summed E-state index contributed by atoms with van der Waals surface area (Å²) in [7, 11) is 0. The zero-order valence-electron chi connectivity index (χ0n) is 12.7. The lowest BCUT2D eigenvalue weighted by Gasteiger charge is -2.16. The Morgan fingerprint density at radius 3 is 2.74 bits per heavy atom. The van der Waals surface area contributed by atoms with Gasteiger partial charge >= 0.3 is 0 Å². The smallest absolute Gasteiger partial charge is 0.217 e. The summed E-state index contributed by atoms with van der Waals surface area (Å²) < 4.78 is 15.6. The molecule has 1 unspecified atom stereocenters. The highest BCUT2D eigenvalue weighted by atomic mass is 32.1. The van der Waals surface area contributed by atoms with Gasteiger partial charge < -0.3 is 5.32 Å². The highest BCUT2D eigenvalue weighted by Crippen LogP contribution is 2.29. The van der Waals surface area contributed by atoms with Gasteiger partial charge in [-0.2, -0.15) is 0 Å². The van der Waals surface area contributed by atoms with E-state index in [1.807, 2.05) is 35.8 Å². The average molecular weight is 329 g/mol. The van der Waals surface area contributed by atoms with E-state index in [1.165, 1.54) is 19.1 Å². The van der Waals surface area contributed by atoms with Crippen LogP contribution in [0.25, 0.3) is 16.7 Å². The fourth-order valence-electron chi connectivity index (χ4n) is 2.63. The number of hydrogen-bond donors (Lipinski definition) is 2. The molecular weight excluding hydrogens is 313 g/mol. The number of rotatable bonds is 3. The molecule has 0 fully saturated rings. The molecule has 1 aromatic heterocycles. The van der Waals surface area contributed by atoms with Crippen molar-refractivity contribution in [3.8, 4) is 5.69 Å². The van der Waals surface area contributed by atoms with Crippen LogP contribution in [0.1, 0.15) is 25.7 Å². The van der Waals surface area contributed by atoms with E-state index >= 15 is 0 Å². The van der Waals surface area contributed by atoms with Crippen molar-refractivity contribution in [1.29, 1.82) is 0 Å². The molecule has 0 aliphatic rings. The van der Waals surface area contributed by atoms with Crippen LogP contribution >= 0.6 is 12.6 Å². The van der Waals surface area contributed by atoms with Gasteiger partial charge in [-0.3, -0.25) is 9.36 Å². The molecule has 2 aromatic carbocycles. The van der Waals surface area contributed by atoms with Gasteiger partial charge in [-0.15, -0.1) is 12.6 Å². The summed E-state index contributed by atoms with van der Waals surface area (Å²) in [6.07, 6.45) is 0. The second-order valence-electron chi connectivity index (χ2n) is 5.35. The normalized spacial score (nSPS) is 12.3. The van der Waals surface area contributed by atoms with Crippen molar-refractivity contribution in [1.82, 2.24) is 14.9 Å². The molecule has 0 aliphatic heterocycles. The van der Waals surface area contributed by atoms with Crippen molar-refractivity contribution in [3.63, 3.8) is 0 Å². The van der Waals surface area contributed by atoms with Gasteiger partial charge in [0.25, 0.3) is 0 Å². The molecule has 1 amide bonds. The number of imidazole rings is 1. The molecule has 3 rings (SSSR count). The van der Waals surface area contributed by atoms with Crippen molar-refractivity contribution in [2.45, 2.75) is 24.8 Å². The lowest BCUT2D eigenvalue weighted by molar-refractivity contribution is -0.119. The molecule has 0 radical (unpaired) electrons. The fourth-order valence-corrected chi connectivity index (χ4v) is 2.89. The number of carbonyl (C=O) groups excluding carboxylic acids is 1. The third-order valence-electron chi connectivity index (χ3n) is 3.57. The number of para-hydroxylation sites is 1. The number of benzene rings is 2. The predicted octanol–water partition coefficient (Wildman–Crippen LogP) is 3.65. The Bertz CT molecular complexity index is 891. The zero-order chi connectivity index (χ0) is 16.6. The molecular formula is C17H16FN3OS. The van der Waals surface area contributed by atoms with Crippen molar-refractivity contribution < 1.29 is 9.18 Å². The van der Waals surface area contributed by atoms with Gasteiger partial charge in [0.05, 0.1) is 22.8 Å². The summed E-state index contributed by atoms with van der Waals surface area (Å²) in [4.78, 5) is 16.7. The molecule has 1 N–H and O–H groups in total. The van der Waals surface area contributed by atoms with Crippen LogP contribution in [0.3, 0.4) is 0 Å². The van der Waals surface area contributed by atoms with Crippen LogP contribution in [0.2, 0.25) is 0 Å². The number of carbonyl (C=O) groups is 1. The molecule has 0 spiro atoms. The van der Waals surface area contributed by atoms with Crippen molar-refractivity contribution >= 4 is 29.6 Å². The Labute approximate surface area is 138 Å². The second-order valence-corrected chi connectivity index (χ2v) is 5.83. The quantitative estimate of drug-likeness (QED) is 0.721. The summed E-state index contributed by atoms with van der Waals surface area (Å²) in [5, 5.41) is 2.82. The van der Waals surface area contributed by atoms with Crippen LogP contribution in [0, 0.1) is 5.82 Å². The minimum absolute atomic E-state index is 0.151. The molecule has 6 heteroatoms. The summed E-state index contributed by atoms with van der Waals surface area (Å²) in [6.45, 7) is 3.30. The zero-order valence-corrected chi connectivity index (χ0v) is 13.6. The van der Waals surface area contributed by atoms with Gasteiger partial charge in [0.1, 0.15) is 11.6 Å². The topological polar surface area (TPSA) is 46.9 Å². The SMILES string of the molecule is CC(=O)NC(C)c1nc2ccc(F)cc2n1-c1ccccc1S. The molecule has 0 aliphatic carbocycles. The maximum Gasteiger partial charge on any atom is 0.217 e. The van der Waals surface area contributed by atoms with Crippen LogP contribution in [-0.4, -0.2) is 15.5 Å². The largest absolute Gasteiger partial charge is 0.347 e. The summed E-state index contributed by atoms with van der Waals surface area (Å²) in [6, 6.07) is 11.6. The molecule has 0 saturated carbocycles. The van der Waals surface area contributed by atoms with Gasteiger partial charge in [0.2, 0.25) is 5.91 Å². The second kappa shape index (κ2) is 6.04. The first-order chi connectivity index (χ1) is 11.0. The minimum atomic E-state index is -0.339. The van der Waals surface area contributed by atoms with Gasteiger partial charge in [-0.25, -0.2) is 9.37 Å². The monoisotopic (exact) mass is 329 g/mol. The van der Waals surface area contributed by atoms with Crippen LogP contribution in [0.5, 0.6) is 0 Å². The number of nitrogens with one attached hydrogen (secondary N) is 1. The predicted molar refractivity (Wildman–Crippen MR) is 90.5 cm³/mol. The number of nitrogens with zero attached hydrogens (tertiary/aromatic N) is 2. The van der Waals surface area contributed by atoms with E-state index in [4.69, 9.17) is 0 Å². The highest BCUT2D eigenvalue weighted by Gasteiger charge is 2.20. The third kappa shape index (κ3) is 2.94. The number of fused-ring (bicyclic) bond motifs is 1.